The fraction of sp³-hybridized carbons (Fsp3) is 0.0508. The first-order valence-electron chi connectivity index (χ1n) is 21.2. The standard InChI is InChI=1S/C59H44N2/c1-59(2)52-32-18-15-29-47(52)48-37-35-45(39-53(48)59)60(46-36-38-50-49-30-16-19-33-54(49)61(56(50)40-46)44-27-13-6-14-28-44)55-34-20-17-31-51(55)58(43-25-11-5-12-26-43)57(41-21-7-3-8-22-41)42-23-9-4-10-24-42/h3-40H,1-2H3. The maximum Gasteiger partial charge on any atom is 0.0561 e. The number of nitrogens with zero attached hydrogens (tertiary/aromatic N) is 2. The third kappa shape index (κ3) is 6.10. The maximum absolute atomic E-state index is 2.50. The Morgan fingerprint density at radius 2 is 0.902 bits per heavy atom. The number of rotatable bonds is 8. The van der Waals surface area contributed by atoms with Crippen LogP contribution in [0.5, 0.6) is 0 Å². The second-order valence-electron chi connectivity index (χ2n) is 16.5. The van der Waals surface area contributed by atoms with Gasteiger partial charge in [-0.2, -0.15) is 0 Å². The molecule has 1 aliphatic carbocycles. The van der Waals surface area contributed by atoms with E-state index in [1.165, 1.54) is 60.8 Å². The van der Waals surface area contributed by atoms with Crippen molar-refractivity contribution in [3.05, 3.63) is 264 Å². The zero-order valence-corrected chi connectivity index (χ0v) is 34.3. The van der Waals surface area contributed by atoms with Crippen LogP contribution in [-0.2, 0) is 5.41 Å². The van der Waals surface area contributed by atoms with Crippen molar-refractivity contribution in [3.8, 4) is 16.8 Å². The van der Waals surface area contributed by atoms with Gasteiger partial charge in [0.15, 0.2) is 0 Å². The first kappa shape index (κ1) is 36.4. The van der Waals surface area contributed by atoms with Crippen molar-refractivity contribution >= 4 is 50.0 Å². The van der Waals surface area contributed by atoms with Crippen molar-refractivity contribution in [2.24, 2.45) is 0 Å². The van der Waals surface area contributed by atoms with Gasteiger partial charge in [0.1, 0.15) is 0 Å². The van der Waals surface area contributed by atoms with Gasteiger partial charge in [0.05, 0.1) is 16.7 Å². The van der Waals surface area contributed by atoms with Gasteiger partial charge in [0, 0.05) is 38.8 Å². The number of hydrogen-bond donors (Lipinski definition) is 0. The Morgan fingerprint density at radius 1 is 0.393 bits per heavy atom. The monoisotopic (exact) mass is 780 g/mol. The van der Waals surface area contributed by atoms with Crippen molar-refractivity contribution in [1.82, 2.24) is 4.57 Å². The second-order valence-corrected chi connectivity index (χ2v) is 16.5. The van der Waals surface area contributed by atoms with Crippen molar-refractivity contribution in [1.29, 1.82) is 0 Å². The van der Waals surface area contributed by atoms with Crippen LogP contribution in [0.25, 0.3) is 49.8 Å². The Bertz CT molecular complexity index is 3210. The lowest BCUT2D eigenvalue weighted by Gasteiger charge is -2.31. The normalized spacial score (nSPS) is 12.6. The van der Waals surface area contributed by atoms with Crippen molar-refractivity contribution < 1.29 is 0 Å². The lowest BCUT2D eigenvalue weighted by Crippen LogP contribution is -2.17. The van der Waals surface area contributed by atoms with Gasteiger partial charge in [-0.15, -0.1) is 0 Å². The van der Waals surface area contributed by atoms with Crippen LogP contribution in [0.15, 0.2) is 231 Å². The van der Waals surface area contributed by atoms with Gasteiger partial charge in [0.2, 0.25) is 0 Å². The van der Waals surface area contributed by atoms with Gasteiger partial charge in [0.25, 0.3) is 0 Å². The molecule has 0 atom stereocenters. The molecule has 290 valence electrons. The van der Waals surface area contributed by atoms with Gasteiger partial charge in [-0.05, 0) is 98.6 Å². The summed E-state index contributed by atoms with van der Waals surface area (Å²) in [6.07, 6.45) is 0. The minimum absolute atomic E-state index is 0.167. The Morgan fingerprint density at radius 3 is 1.61 bits per heavy atom. The van der Waals surface area contributed by atoms with Crippen LogP contribution < -0.4 is 4.90 Å². The van der Waals surface area contributed by atoms with Gasteiger partial charge in [-0.1, -0.05) is 196 Å². The second kappa shape index (κ2) is 14.9. The molecule has 0 radical (unpaired) electrons. The minimum atomic E-state index is -0.167. The van der Waals surface area contributed by atoms with Crippen molar-refractivity contribution in [2.75, 3.05) is 4.90 Å². The zero-order valence-electron chi connectivity index (χ0n) is 34.3. The van der Waals surface area contributed by atoms with E-state index in [4.69, 9.17) is 0 Å². The fourth-order valence-corrected chi connectivity index (χ4v) is 9.80. The molecule has 1 aliphatic rings. The van der Waals surface area contributed by atoms with E-state index in [0.717, 1.165) is 39.4 Å². The molecular formula is C59H44N2. The lowest BCUT2D eigenvalue weighted by molar-refractivity contribution is 0.660. The van der Waals surface area contributed by atoms with Crippen molar-refractivity contribution in [2.45, 2.75) is 19.3 Å². The Hall–Kier alpha value is -7.68. The lowest BCUT2D eigenvalue weighted by atomic mass is 9.82. The third-order valence-corrected chi connectivity index (χ3v) is 12.6. The predicted octanol–water partition coefficient (Wildman–Crippen LogP) is 15.6. The van der Waals surface area contributed by atoms with Crippen LogP contribution in [0.4, 0.5) is 17.1 Å². The summed E-state index contributed by atoms with van der Waals surface area (Å²) in [4.78, 5) is 2.50. The molecule has 0 amide bonds. The molecule has 0 saturated carbocycles. The summed E-state index contributed by atoms with van der Waals surface area (Å²) < 4.78 is 2.42. The van der Waals surface area contributed by atoms with E-state index in [0.29, 0.717) is 0 Å². The summed E-state index contributed by atoms with van der Waals surface area (Å²) in [7, 11) is 0. The van der Waals surface area contributed by atoms with Gasteiger partial charge < -0.3 is 9.47 Å². The third-order valence-electron chi connectivity index (χ3n) is 12.6. The van der Waals surface area contributed by atoms with E-state index in [2.05, 4.69) is 254 Å². The highest BCUT2D eigenvalue weighted by molar-refractivity contribution is 6.11. The van der Waals surface area contributed by atoms with E-state index in [-0.39, 0.29) is 5.41 Å². The number of fused-ring (bicyclic) bond motifs is 6. The molecule has 10 aromatic rings. The smallest absolute Gasteiger partial charge is 0.0561 e. The molecule has 0 fully saturated rings. The van der Waals surface area contributed by atoms with Crippen LogP contribution in [0.2, 0.25) is 0 Å². The summed E-state index contributed by atoms with van der Waals surface area (Å²) in [5.41, 5.74) is 18.9. The Balaban J connectivity index is 1.23. The average molecular weight is 781 g/mol. The SMILES string of the molecule is CC1(C)c2ccccc2-c2ccc(N(c3ccc4c5ccccc5n(-c5ccccc5)c4c3)c3ccccc3C(=C(c3ccccc3)c3ccccc3)c3ccccc3)cc21. The molecule has 11 rings (SSSR count). The van der Waals surface area contributed by atoms with Crippen LogP contribution in [0, 0.1) is 0 Å². The summed E-state index contributed by atoms with van der Waals surface area (Å²) in [5, 5.41) is 2.46. The van der Waals surface area contributed by atoms with E-state index in [9.17, 15) is 0 Å². The number of aromatic nitrogens is 1. The summed E-state index contributed by atoms with van der Waals surface area (Å²) in [6.45, 7) is 4.73. The Kier molecular flexibility index (Phi) is 8.86. The van der Waals surface area contributed by atoms with E-state index < -0.39 is 0 Å². The molecule has 9 aromatic carbocycles. The predicted molar refractivity (Wildman–Crippen MR) is 257 cm³/mol. The summed E-state index contributed by atoms with van der Waals surface area (Å²) >= 11 is 0. The quantitative estimate of drug-likeness (QED) is 0.139. The fourth-order valence-electron chi connectivity index (χ4n) is 9.80. The highest BCUT2D eigenvalue weighted by Crippen LogP contribution is 2.52. The van der Waals surface area contributed by atoms with Crippen LogP contribution in [0.3, 0.4) is 0 Å². The molecule has 0 spiro atoms. The largest absolute Gasteiger partial charge is 0.310 e. The van der Waals surface area contributed by atoms with E-state index in [1.54, 1.807) is 0 Å². The van der Waals surface area contributed by atoms with Gasteiger partial charge in [-0.25, -0.2) is 0 Å². The number of hydrogen-bond acceptors (Lipinski definition) is 1. The molecule has 0 aliphatic heterocycles. The first-order chi connectivity index (χ1) is 30.1. The molecule has 1 aromatic heterocycles. The van der Waals surface area contributed by atoms with Gasteiger partial charge >= 0.3 is 0 Å². The average Bonchev–Trinajstić information content (AvgIpc) is 3.77. The molecule has 61 heavy (non-hydrogen) atoms. The number of anilines is 3. The van der Waals surface area contributed by atoms with Crippen molar-refractivity contribution in [3.63, 3.8) is 0 Å². The first-order valence-corrected chi connectivity index (χ1v) is 21.2. The molecule has 0 saturated heterocycles. The zero-order chi connectivity index (χ0) is 40.9. The topological polar surface area (TPSA) is 8.17 Å². The van der Waals surface area contributed by atoms with Crippen LogP contribution in [0.1, 0.15) is 47.2 Å². The highest BCUT2D eigenvalue weighted by Gasteiger charge is 2.36. The molecule has 1 heterocycles. The van der Waals surface area contributed by atoms with E-state index in [1.807, 2.05) is 0 Å². The van der Waals surface area contributed by atoms with Crippen LogP contribution in [-0.4, -0.2) is 4.57 Å². The molecule has 2 heteroatoms. The maximum atomic E-state index is 2.50. The molecule has 2 nitrogen and oxygen atoms in total. The summed E-state index contributed by atoms with van der Waals surface area (Å²) in [6, 6.07) is 84.2. The number of benzene rings is 9. The van der Waals surface area contributed by atoms with Crippen LogP contribution >= 0.6 is 0 Å². The number of para-hydroxylation sites is 3. The minimum Gasteiger partial charge on any atom is -0.310 e. The molecule has 0 N–H and O–H groups in total. The Labute approximate surface area is 358 Å². The van der Waals surface area contributed by atoms with Gasteiger partial charge in [-0.3, -0.25) is 0 Å². The molecule has 0 unspecified atom stereocenters. The molecular weight excluding hydrogens is 737 g/mol. The summed E-state index contributed by atoms with van der Waals surface area (Å²) in [5.74, 6) is 0. The van der Waals surface area contributed by atoms with E-state index >= 15 is 0 Å². The highest BCUT2D eigenvalue weighted by atomic mass is 15.1. The molecule has 0 bridgehead atoms.